The molecule has 2 aromatic rings. The number of hydrogen-bond acceptors (Lipinski definition) is 5. The first-order chi connectivity index (χ1) is 12.0. The summed E-state index contributed by atoms with van der Waals surface area (Å²) in [6.07, 6.45) is 0. The van der Waals surface area contributed by atoms with Crippen molar-refractivity contribution in [3.63, 3.8) is 0 Å². The number of benzene rings is 2. The molecule has 1 heterocycles. The largest absolute Gasteiger partial charge is 0.414 e. The number of fused-ring (bicyclic) bond motifs is 1. The maximum absolute atomic E-state index is 12.3. The van der Waals surface area contributed by atoms with Crippen molar-refractivity contribution in [2.24, 2.45) is 0 Å². The molecule has 0 aromatic heterocycles. The molecule has 1 aliphatic heterocycles. The predicted molar refractivity (Wildman–Crippen MR) is 94.4 cm³/mol. The lowest BCUT2D eigenvalue weighted by molar-refractivity contribution is -0.191. The van der Waals surface area contributed by atoms with E-state index < -0.39 is 17.7 Å². The minimum absolute atomic E-state index is 0.413. The Bertz CT molecular complexity index is 792. The molecule has 0 saturated carbocycles. The van der Waals surface area contributed by atoms with E-state index in [0.29, 0.717) is 16.7 Å². The summed E-state index contributed by atoms with van der Waals surface area (Å²) in [6.45, 7) is 7.27. The topological polar surface area (TPSA) is 55.8 Å². The summed E-state index contributed by atoms with van der Waals surface area (Å²) in [5.74, 6) is -2.54. The summed E-state index contributed by atoms with van der Waals surface area (Å²) in [6, 6.07) is 14.5. The fourth-order valence-electron chi connectivity index (χ4n) is 3.22. The summed E-state index contributed by atoms with van der Waals surface area (Å²) >= 11 is 0. The Morgan fingerprint density at radius 2 is 1.72 bits per heavy atom. The molecule has 5 nitrogen and oxygen atoms in total. The average molecular weight is 339 g/mol. The lowest BCUT2D eigenvalue weighted by Gasteiger charge is -2.29. The standard InChI is InChI=1S/C20H21NO4/c1-4-21(5-2)16-12-10-15(11-13-16)20(24-14(3)22)18-9-7-6-8-17(18)19(23)25-20/h6-13H,4-5H2,1-3H3. The lowest BCUT2D eigenvalue weighted by Crippen LogP contribution is -2.33. The summed E-state index contributed by atoms with van der Waals surface area (Å²) in [7, 11) is 0. The fraction of sp³-hybridized carbons (Fsp3) is 0.300. The highest BCUT2D eigenvalue weighted by Crippen LogP contribution is 2.43. The van der Waals surface area contributed by atoms with Crippen molar-refractivity contribution < 1.29 is 19.1 Å². The number of rotatable bonds is 5. The van der Waals surface area contributed by atoms with Crippen LogP contribution in [0, 0.1) is 0 Å². The maximum atomic E-state index is 12.3. The Kier molecular flexibility index (Phi) is 4.49. The average Bonchev–Trinajstić information content (AvgIpc) is 2.89. The summed E-state index contributed by atoms with van der Waals surface area (Å²) in [5.41, 5.74) is 2.63. The number of ether oxygens (including phenoxy) is 2. The van der Waals surface area contributed by atoms with Crippen molar-refractivity contribution >= 4 is 17.6 Å². The molecular formula is C20H21NO4. The molecule has 0 aliphatic carbocycles. The van der Waals surface area contributed by atoms with Crippen molar-refractivity contribution in [1.29, 1.82) is 0 Å². The van der Waals surface area contributed by atoms with Crippen LogP contribution in [0.5, 0.6) is 0 Å². The van der Waals surface area contributed by atoms with Crippen LogP contribution in [0.2, 0.25) is 0 Å². The van der Waals surface area contributed by atoms with Crippen LogP contribution in [0.4, 0.5) is 5.69 Å². The highest BCUT2D eigenvalue weighted by Gasteiger charge is 2.50. The summed E-state index contributed by atoms with van der Waals surface area (Å²) in [4.78, 5) is 26.2. The molecule has 5 heteroatoms. The van der Waals surface area contributed by atoms with Gasteiger partial charge in [0.05, 0.1) is 11.1 Å². The molecule has 1 aliphatic rings. The number of carbonyl (C=O) groups is 2. The quantitative estimate of drug-likeness (QED) is 0.781. The van der Waals surface area contributed by atoms with E-state index >= 15 is 0 Å². The molecule has 2 aromatic carbocycles. The molecule has 1 unspecified atom stereocenters. The second-order valence-corrected chi connectivity index (χ2v) is 5.86. The molecule has 1 atom stereocenters. The van der Waals surface area contributed by atoms with Crippen LogP contribution in [0.15, 0.2) is 48.5 Å². The molecule has 0 bridgehead atoms. The molecule has 130 valence electrons. The molecule has 0 amide bonds. The van der Waals surface area contributed by atoms with Gasteiger partial charge in [-0.3, -0.25) is 4.79 Å². The first-order valence-electron chi connectivity index (χ1n) is 8.39. The number of cyclic esters (lactones) is 1. The SMILES string of the molecule is CCN(CC)c1ccc(C2(OC(C)=O)OC(=O)c3ccccc32)cc1. The number of nitrogens with zero attached hydrogens (tertiary/aromatic N) is 1. The first-order valence-corrected chi connectivity index (χ1v) is 8.39. The van der Waals surface area contributed by atoms with E-state index in [9.17, 15) is 9.59 Å². The number of carbonyl (C=O) groups excluding carboxylic acids is 2. The number of esters is 2. The van der Waals surface area contributed by atoms with E-state index in [1.807, 2.05) is 24.3 Å². The fourth-order valence-corrected chi connectivity index (χ4v) is 3.22. The zero-order chi connectivity index (χ0) is 18.0. The van der Waals surface area contributed by atoms with Crippen LogP contribution < -0.4 is 4.90 Å². The Balaban J connectivity index is 2.09. The molecule has 0 spiro atoms. The summed E-state index contributed by atoms with van der Waals surface area (Å²) in [5, 5.41) is 0. The maximum Gasteiger partial charge on any atom is 0.342 e. The van der Waals surface area contributed by atoms with E-state index in [1.54, 1.807) is 24.3 Å². The Morgan fingerprint density at radius 3 is 2.32 bits per heavy atom. The van der Waals surface area contributed by atoms with E-state index in [2.05, 4.69) is 18.7 Å². The van der Waals surface area contributed by atoms with Gasteiger partial charge >= 0.3 is 17.7 Å². The first kappa shape index (κ1) is 17.0. The van der Waals surface area contributed by atoms with Crippen LogP contribution in [-0.2, 0) is 20.1 Å². The molecule has 3 rings (SSSR count). The van der Waals surface area contributed by atoms with Gasteiger partial charge in [0.25, 0.3) is 0 Å². The number of hydrogen-bond donors (Lipinski definition) is 0. The van der Waals surface area contributed by atoms with Crippen LogP contribution in [0.25, 0.3) is 0 Å². The highest BCUT2D eigenvalue weighted by molar-refractivity contribution is 5.95. The van der Waals surface area contributed by atoms with Gasteiger partial charge in [0.15, 0.2) is 0 Å². The van der Waals surface area contributed by atoms with E-state index in [1.165, 1.54) is 6.92 Å². The van der Waals surface area contributed by atoms with E-state index in [0.717, 1.165) is 18.8 Å². The molecule has 0 N–H and O–H groups in total. The molecule has 25 heavy (non-hydrogen) atoms. The number of anilines is 1. The van der Waals surface area contributed by atoms with Gasteiger partial charge in [0, 0.05) is 31.3 Å². The summed E-state index contributed by atoms with van der Waals surface area (Å²) < 4.78 is 11.1. The van der Waals surface area contributed by atoms with Crippen LogP contribution >= 0.6 is 0 Å². The van der Waals surface area contributed by atoms with Gasteiger partial charge in [-0.15, -0.1) is 0 Å². The van der Waals surface area contributed by atoms with Crippen molar-refractivity contribution in [3.8, 4) is 0 Å². The Hall–Kier alpha value is -2.82. The molecule has 0 fully saturated rings. The minimum atomic E-state index is -1.53. The van der Waals surface area contributed by atoms with Crippen molar-refractivity contribution in [2.75, 3.05) is 18.0 Å². The molecule has 0 radical (unpaired) electrons. The van der Waals surface area contributed by atoms with E-state index in [-0.39, 0.29) is 0 Å². The highest BCUT2D eigenvalue weighted by atomic mass is 16.7. The predicted octanol–water partition coefficient (Wildman–Crippen LogP) is 3.47. The lowest BCUT2D eigenvalue weighted by atomic mass is 9.95. The second kappa shape index (κ2) is 6.59. The van der Waals surface area contributed by atoms with Crippen molar-refractivity contribution in [3.05, 3.63) is 65.2 Å². The van der Waals surface area contributed by atoms with Gasteiger partial charge in [-0.2, -0.15) is 0 Å². The Labute approximate surface area is 147 Å². The van der Waals surface area contributed by atoms with Gasteiger partial charge in [0.2, 0.25) is 0 Å². The molecular weight excluding hydrogens is 318 g/mol. The van der Waals surface area contributed by atoms with E-state index in [4.69, 9.17) is 9.47 Å². The zero-order valence-electron chi connectivity index (χ0n) is 14.6. The minimum Gasteiger partial charge on any atom is -0.414 e. The third-order valence-corrected chi connectivity index (χ3v) is 4.40. The smallest absolute Gasteiger partial charge is 0.342 e. The van der Waals surface area contributed by atoms with Gasteiger partial charge in [0.1, 0.15) is 0 Å². The normalized spacial score (nSPS) is 18.4. The van der Waals surface area contributed by atoms with Gasteiger partial charge < -0.3 is 14.4 Å². The van der Waals surface area contributed by atoms with Gasteiger partial charge in [-0.25, -0.2) is 4.79 Å². The van der Waals surface area contributed by atoms with Crippen LogP contribution in [0.3, 0.4) is 0 Å². The van der Waals surface area contributed by atoms with Gasteiger partial charge in [-0.05, 0) is 50.2 Å². The zero-order valence-corrected chi connectivity index (χ0v) is 14.6. The van der Waals surface area contributed by atoms with Crippen molar-refractivity contribution in [1.82, 2.24) is 0 Å². The monoisotopic (exact) mass is 339 g/mol. The van der Waals surface area contributed by atoms with Crippen LogP contribution in [-0.4, -0.2) is 25.0 Å². The third kappa shape index (κ3) is 2.86. The molecule has 0 saturated heterocycles. The Morgan fingerprint density at radius 1 is 1.08 bits per heavy atom. The second-order valence-electron chi connectivity index (χ2n) is 5.86. The van der Waals surface area contributed by atoms with Gasteiger partial charge in [-0.1, -0.05) is 12.1 Å². The van der Waals surface area contributed by atoms with Crippen LogP contribution in [0.1, 0.15) is 42.3 Å². The van der Waals surface area contributed by atoms with Crippen molar-refractivity contribution in [2.45, 2.75) is 26.6 Å². The third-order valence-electron chi connectivity index (χ3n) is 4.40.